The number of carbonyl (C=O) groups excluding carboxylic acids is 2. The zero-order valence-electron chi connectivity index (χ0n) is 25.6. The first kappa shape index (κ1) is 30.4. The molecule has 3 aromatic rings. The molecule has 46 heavy (non-hydrogen) atoms. The maximum absolute atomic E-state index is 14.1. The van der Waals surface area contributed by atoms with Crippen LogP contribution in [-0.4, -0.2) is 66.7 Å². The van der Waals surface area contributed by atoms with Crippen molar-refractivity contribution in [2.24, 2.45) is 0 Å². The third-order valence-corrected chi connectivity index (χ3v) is 9.38. The molecule has 0 spiro atoms. The van der Waals surface area contributed by atoms with E-state index in [0.717, 1.165) is 48.8 Å². The summed E-state index contributed by atoms with van der Waals surface area (Å²) in [6.07, 6.45) is -4.67. The second-order valence-corrected chi connectivity index (χ2v) is 12.1. The number of alkyl halides is 3. The van der Waals surface area contributed by atoms with E-state index >= 15 is 0 Å². The number of hydrogen-bond acceptors (Lipinski definition) is 7. The molecule has 3 atom stereocenters. The van der Waals surface area contributed by atoms with E-state index in [-0.39, 0.29) is 42.3 Å². The smallest absolute Gasteiger partial charge is 0.416 e. The van der Waals surface area contributed by atoms with Crippen LogP contribution in [0.15, 0.2) is 48.5 Å². The van der Waals surface area contributed by atoms with Crippen molar-refractivity contribution in [3.63, 3.8) is 0 Å². The van der Waals surface area contributed by atoms with Crippen molar-refractivity contribution in [3.05, 3.63) is 81.9 Å². The van der Waals surface area contributed by atoms with Crippen LogP contribution in [-0.2, 0) is 30.5 Å². The van der Waals surface area contributed by atoms with E-state index in [1.165, 1.54) is 12.1 Å². The topological polar surface area (TPSA) is 92.4 Å². The van der Waals surface area contributed by atoms with Crippen molar-refractivity contribution in [1.82, 2.24) is 15.1 Å². The summed E-state index contributed by atoms with van der Waals surface area (Å²) in [5.41, 5.74) is 2.62. The molecule has 2 N–H and O–H groups in total. The van der Waals surface area contributed by atoms with Gasteiger partial charge in [0, 0.05) is 43.9 Å². The molecule has 2 fully saturated rings. The van der Waals surface area contributed by atoms with Crippen LogP contribution < -0.4 is 20.1 Å². The maximum Gasteiger partial charge on any atom is 0.416 e. The molecule has 7 rings (SSSR count). The Hall–Kier alpha value is -4.29. The first-order valence-electron chi connectivity index (χ1n) is 15.7. The van der Waals surface area contributed by atoms with E-state index in [2.05, 4.69) is 22.5 Å². The van der Waals surface area contributed by atoms with Gasteiger partial charge in [-0.25, -0.2) is 4.79 Å². The second-order valence-electron chi connectivity index (χ2n) is 12.1. The minimum Gasteiger partial charge on any atom is -0.487 e. The molecular formula is C34H35F3N4O5. The number of fused-ring (bicyclic) bond motifs is 4. The number of anilines is 1. The van der Waals surface area contributed by atoms with Gasteiger partial charge in [0.1, 0.15) is 30.0 Å². The molecule has 242 valence electrons. The summed E-state index contributed by atoms with van der Waals surface area (Å²) in [6, 6.07) is 12.7. The Bertz CT molecular complexity index is 1690. The number of benzene rings is 3. The number of hydrogen-bond donors (Lipinski definition) is 2. The minimum atomic E-state index is -4.58. The van der Waals surface area contributed by atoms with Gasteiger partial charge in [0.05, 0.1) is 28.8 Å². The van der Waals surface area contributed by atoms with Crippen molar-refractivity contribution < 1.29 is 37.0 Å². The molecule has 1 saturated heterocycles. The Morgan fingerprint density at radius 3 is 2.52 bits per heavy atom. The van der Waals surface area contributed by atoms with Crippen LogP contribution in [0.3, 0.4) is 0 Å². The number of piperazine rings is 1. The Morgan fingerprint density at radius 1 is 1.02 bits per heavy atom. The molecule has 3 aliphatic heterocycles. The van der Waals surface area contributed by atoms with Crippen molar-refractivity contribution in [2.45, 2.75) is 57.7 Å². The molecule has 0 aromatic heterocycles. The third-order valence-electron chi connectivity index (χ3n) is 9.38. The summed E-state index contributed by atoms with van der Waals surface area (Å²) in [7, 11) is 0. The van der Waals surface area contributed by atoms with E-state index in [0.29, 0.717) is 36.0 Å². The fourth-order valence-corrected chi connectivity index (χ4v) is 6.70. The Morgan fingerprint density at radius 2 is 1.78 bits per heavy atom. The number of cyclic esters (lactones) is 1. The van der Waals surface area contributed by atoms with Gasteiger partial charge < -0.3 is 24.4 Å². The van der Waals surface area contributed by atoms with Crippen LogP contribution in [0.2, 0.25) is 0 Å². The van der Waals surface area contributed by atoms with Gasteiger partial charge in [-0.3, -0.25) is 15.0 Å². The highest BCUT2D eigenvalue weighted by Crippen LogP contribution is 2.55. The molecule has 1 aliphatic carbocycles. The number of likely N-dealkylation sites (N-methyl/N-ethyl adjacent to an activating group) is 1. The van der Waals surface area contributed by atoms with Gasteiger partial charge in [0.15, 0.2) is 0 Å². The Labute approximate surface area is 264 Å². The molecule has 2 amide bonds. The van der Waals surface area contributed by atoms with Crippen molar-refractivity contribution >= 4 is 17.7 Å². The van der Waals surface area contributed by atoms with Crippen LogP contribution in [0, 0.1) is 0 Å². The van der Waals surface area contributed by atoms with Gasteiger partial charge >= 0.3 is 12.3 Å². The largest absolute Gasteiger partial charge is 0.487 e. The quantitative estimate of drug-likeness (QED) is 0.318. The molecule has 0 radical (unpaired) electrons. The highest BCUT2D eigenvalue weighted by Gasteiger charge is 2.59. The van der Waals surface area contributed by atoms with Gasteiger partial charge in [-0.05, 0) is 60.5 Å². The van der Waals surface area contributed by atoms with Crippen molar-refractivity contribution in [3.8, 4) is 17.2 Å². The Balaban J connectivity index is 1.04. The molecule has 0 unspecified atom stereocenters. The predicted octanol–water partition coefficient (Wildman–Crippen LogP) is 5.92. The predicted molar refractivity (Wildman–Crippen MR) is 163 cm³/mol. The number of ether oxygens (including phenoxy) is 3. The number of aryl methyl sites for hydroxylation is 1. The summed E-state index contributed by atoms with van der Waals surface area (Å²) in [5, 5.41) is 5.65. The molecular weight excluding hydrogens is 601 g/mol. The average Bonchev–Trinajstić information content (AvgIpc) is 3.56. The molecule has 1 saturated carbocycles. The lowest BCUT2D eigenvalue weighted by Crippen LogP contribution is -2.45. The van der Waals surface area contributed by atoms with Crippen molar-refractivity contribution in [2.75, 3.05) is 38.0 Å². The maximum atomic E-state index is 14.1. The third kappa shape index (κ3) is 5.75. The normalized spacial score (nSPS) is 22.1. The van der Waals surface area contributed by atoms with Gasteiger partial charge in [0.25, 0.3) is 5.91 Å². The summed E-state index contributed by atoms with van der Waals surface area (Å²) in [4.78, 5) is 29.3. The monoisotopic (exact) mass is 636 g/mol. The number of nitrogens with one attached hydrogen (secondary N) is 2. The van der Waals surface area contributed by atoms with Crippen LogP contribution in [0.1, 0.15) is 57.9 Å². The van der Waals surface area contributed by atoms with Gasteiger partial charge in [-0.1, -0.05) is 26.0 Å². The van der Waals surface area contributed by atoms with Crippen LogP contribution >= 0.6 is 0 Å². The number of halogens is 3. The lowest BCUT2D eigenvalue weighted by molar-refractivity contribution is -0.138. The average molecular weight is 637 g/mol. The highest BCUT2D eigenvalue weighted by molar-refractivity contribution is 5.95. The lowest BCUT2D eigenvalue weighted by Gasteiger charge is -2.34. The summed E-state index contributed by atoms with van der Waals surface area (Å²) in [5.74, 6) is 1.05. The fraction of sp³-hybridized carbons (Fsp3) is 0.412. The van der Waals surface area contributed by atoms with E-state index in [1.54, 1.807) is 12.1 Å². The zero-order chi connectivity index (χ0) is 32.2. The molecule has 3 aromatic carbocycles. The molecule has 12 heteroatoms. The first-order chi connectivity index (χ1) is 22.1. The van der Waals surface area contributed by atoms with Gasteiger partial charge in [0.2, 0.25) is 0 Å². The van der Waals surface area contributed by atoms with E-state index < -0.39 is 23.7 Å². The van der Waals surface area contributed by atoms with E-state index in [4.69, 9.17) is 14.2 Å². The molecule has 0 bridgehead atoms. The summed E-state index contributed by atoms with van der Waals surface area (Å²) < 4.78 is 59.8. The SMILES string of the molecule is CCc1ccc(Oc2ccc3c(c2)[C@H]2[C@@H](NC(=O)c4ccc(CN5CCN(CC)CC5)c(C(F)(F)F)c4)[C@H]2O3)c2c1NC(=O)OC2. The van der Waals surface area contributed by atoms with Crippen LogP contribution in [0.5, 0.6) is 17.2 Å². The number of carbonyl (C=O) groups is 2. The lowest BCUT2D eigenvalue weighted by atomic mass is 10.0. The molecule has 9 nitrogen and oxygen atoms in total. The van der Waals surface area contributed by atoms with Crippen LogP contribution in [0.4, 0.5) is 23.7 Å². The number of amides is 2. The van der Waals surface area contributed by atoms with Crippen LogP contribution in [0.25, 0.3) is 0 Å². The molecule has 4 aliphatic rings. The fourth-order valence-electron chi connectivity index (χ4n) is 6.70. The highest BCUT2D eigenvalue weighted by atomic mass is 19.4. The first-order valence-corrected chi connectivity index (χ1v) is 15.7. The van der Waals surface area contributed by atoms with Gasteiger partial charge in [-0.15, -0.1) is 0 Å². The zero-order valence-corrected chi connectivity index (χ0v) is 25.6. The molecule has 3 heterocycles. The van der Waals surface area contributed by atoms with E-state index in [1.807, 2.05) is 30.0 Å². The van der Waals surface area contributed by atoms with E-state index in [9.17, 15) is 22.8 Å². The second kappa shape index (κ2) is 11.8. The number of rotatable bonds is 8. The van der Waals surface area contributed by atoms with Crippen molar-refractivity contribution in [1.29, 1.82) is 0 Å². The van der Waals surface area contributed by atoms with Gasteiger partial charge in [-0.2, -0.15) is 13.2 Å². The number of nitrogens with zero attached hydrogens (tertiary/aromatic N) is 2. The minimum absolute atomic E-state index is 0.0382. The standard InChI is InChI=1S/C34H35F3N4O5/c1-3-19-7-9-27(24-18-44-33(43)39-29(19)24)45-22-8-10-26-23(16-22)28-30(31(28)46-26)38-32(42)20-5-6-21(25(15-20)34(35,36)37)17-41-13-11-40(4-2)12-14-41/h5-10,15-16,28,30-31H,3-4,11-14,17-18H2,1-2H3,(H,38,42)(H,39,43)/t28-,30+,31-/m0/s1. The summed E-state index contributed by atoms with van der Waals surface area (Å²) in [6.45, 7) is 8.32. The Kier molecular flexibility index (Phi) is 7.80. The summed E-state index contributed by atoms with van der Waals surface area (Å²) >= 11 is 0.